The number of rotatable bonds is 2. The molecule has 2 aliphatic rings. The average Bonchev–Trinajstić information content (AvgIpc) is 2.61. The van der Waals surface area contributed by atoms with Crippen LogP contribution in [0, 0.1) is 0 Å². The first-order valence-electron chi connectivity index (χ1n) is 7.81. The predicted molar refractivity (Wildman–Crippen MR) is 113 cm³/mol. The first-order valence-corrected chi connectivity index (χ1v) is 10.1. The monoisotopic (exact) mass is 492 g/mol. The normalized spacial score (nSPS) is 20.0. The van der Waals surface area contributed by atoms with Gasteiger partial charge in [0.1, 0.15) is 17.5 Å². The zero-order chi connectivity index (χ0) is 18.0. The number of hydrazine groups is 1. The van der Waals surface area contributed by atoms with E-state index in [9.17, 15) is 0 Å². The van der Waals surface area contributed by atoms with Gasteiger partial charge in [-0.3, -0.25) is 0 Å². The zero-order valence-electron chi connectivity index (χ0n) is 13.5. The highest BCUT2D eigenvalue weighted by atomic mass is 127. The molecule has 1 aromatic carbocycles. The van der Waals surface area contributed by atoms with Crippen molar-refractivity contribution in [3.05, 3.63) is 52.0 Å². The Hall–Kier alpha value is -1.16. The molecule has 134 valence electrons. The van der Waals surface area contributed by atoms with Crippen LogP contribution in [-0.2, 0) is 0 Å². The maximum absolute atomic E-state index is 6.13. The number of hydrogen-bond donors (Lipinski definition) is 2. The van der Waals surface area contributed by atoms with Gasteiger partial charge in [-0.1, -0.05) is 45.8 Å². The minimum Gasteiger partial charge on any atom is -0.384 e. The number of nitrogens with two attached hydrogens (primary N) is 2. The summed E-state index contributed by atoms with van der Waals surface area (Å²) >= 11 is 14.4. The van der Waals surface area contributed by atoms with Gasteiger partial charge in [-0.15, -0.1) is 0 Å². The molecule has 0 radical (unpaired) electrons. The number of piperazine rings is 1. The van der Waals surface area contributed by atoms with Gasteiger partial charge in [-0.25, -0.2) is 15.8 Å². The smallest absolute Gasteiger partial charge is 0.147 e. The standard InChI is InChI=1S/C16H19Cl2IN6/c17-12-2-1-11(9-13(12)18)23-5-7-24(8-6-23)16-10-14(20)25(21)15(22-16)3-4-19/h1-3,9-10H,4-8,20-21H2/b15-3-. The molecule has 1 fully saturated rings. The molecule has 3 rings (SSSR count). The van der Waals surface area contributed by atoms with Gasteiger partial charge in [-0.05, 0) is 24.3 Å². The lowest BCUT2D eigenvalue weighted by molar-refractivity contribution is 0.374. The van der Waals surface area contributed by atoms with Crippen molar-refractivity contribution in [1.29, 1.82) is 0 Å². The quantitative estimate of drug-likeness (QED) is 0.377. The molecule has 2 aliphatic heterocycles. The molecule has 2 heterocycles. The SMILES string of the molecule is NC1=CC(N2CCN(c3ccc(Cl)c(Cl)c3)CC2)=N/C(=C/CI)N1N. The third kappa shape index (κ3) is 4.16. The van der Waals surface area contributed by atoms with Gasteiger partial charge in [0.05, 0.1) is 10.0 Å². The zero-order valence-corrected chi connectivity index (χ0v) is 17.2. The highest BCUT2D eigenvalue weighted by molar-refractivity contribution is 14.1. The van der Waals surface area contributed by atoms with E-state index in [1.807, 2.05) is 30.4 Å². The van der Waals surface area contributed by atoms with Crippen molar-refractivity contribution in [2.24, 2.45) is 16.6 Å². The lowest BCUT2D eigenvalue weighted by Gasteiger charge is -2.38. The molecule has 1 saturated heterocycles. The van der Waals surface area contributed by atoms with E-state index in [-0.39, 0.29) is 0 Å². The van der Waals surface area contributed by atoms with Crippen LogP contribution in [0.1, 0.15) is 0 Å². The van der Waals surface area contributed by atoms with Crippen molar-refractivity contribution in [2.75, 3.05) is 35.5 Å². The second kappa shape index (κ2) is 8.03. The first-order chi connectivity index (χ1) is 12.0. The van der Waals surface area contributed by atoms with Gasteiger partial charge in [0.25, 0.3) is 0 Å². The summed E-state index contributed by atoms with van der Waals surface area (Å²) in [5, 5.41) is 2.56. The largest absolute Gasteiger partial charge is 0.384 e. The van der Waals surface area contributed by atoms with E-state index in [4.69, 9.17) is 34.8 Å². The molecule has 6 nitrogen and oxygen atoms in total. The number of anilines is 1. The summed E-state index contributed by atoms with van der Waals surface area (Å²) in [6.07, 6.45) is 3.77. The fourth-order valence-electron chi connectivity index (χ4n) is 2.79. The lowest BCUT2D eigenvalue weighted by atomic mass is 10.2. The van der Waals surface area contributed by atoms with Gasteiger partial charge < -0.3 is 15.5 Å². The summed E-state index contributed by atoms with van der Waals surface area (Å²) in [4.78, 5) is 9.14. The molecule has 0 atom stereocenters. The summed E-state index contributed by atoms with van der Waals surface area (Å²) < 4.78 is 0.815. The molecular formula is C16H19Cl2IN6. The van der Waals surface area contributed by atoms with Gasteiger partial charge in [0, 0.05) is 42.4 Å². The molecule has 4 N–H and O–H groups in total. The van der Waals surface area contributed by atoms with E-state index >= 15 is 0 Å². The fourth-order valence-corrected chi connectivity index (χ4v) is 3.47. The maximum Gasteiger partial charge on any atom is 0.147 e. The Morgan fingerprint density at radius 1 is 1.12 bits per heavy atom. The molecule has 0 spiro atoms. The molecule has 25 heavy (non-hydrogen) atoms. The molecule has 0 saturated carbocycles. The van der Waals surface area contributed by atoms with Crippen LogP contribution in [-0.4, -0.2) is 46.4 Å². The summed E-state index contributed by atoms with van der Waals surface area (Å²) in [5.74, 6) is 7.96. The Kier molecular flexibility index (Phi) is 5.98. The Bertz CT molecular complexity index is 740. The van der Waals surface area contributed by atoms with Gasteiger partial charge in [-0.2, -0.15) is 0 Å². The summed E-state index contributed by atoms with van der Waals surface area (Å²) in [5.41, 5.74) is 7.10. The molecule has 0 unspecified atom stereocenters. The molecule has 0 bridgehead atoms. The number of aliphatic imine (C=N–C) groups is 1. The Morgan fingerprint density at radius 3 is 2.44 bits per heavy atom. The number of allylic oxidation sites excluding steroid dienone is 1. The number of alkyl halides is 1. The molecular weight excluding hydrogens is 474 g/mol. The number of amidine groups is 1. The summed E-state index contributed by atoms with van der Waals surface area (Å²) in [6.45, 7) is 3.40. The van der Waals surface area contributed by atoms with E-state index in [0.717, 1.165) is 42.1 Å². The average molecular weight is 493 g/mol. The van der Waals surface area contributed by atoms with Crippen LogP contribution >= 0.6 is 45.8 Å². The number of nitrogens with zero attached hydrogens (tertiary/aromatic N) is 4. The number of hydrogen-bond acceptors (Lipinski definition) is 6. The van der Waals surface area contributed by atoms with Crippen molar-refractivity contribution in [1.82, 2.24) is 9.91 Å². The second-order valence-corrected chi connectivity index (χ2v) is 7.39. The first kappa shape index (κ1) is 18.6. The molecule has 1 aromatic rings. The van der Waals surface area contributed by atoms with Crippen LogP contribution in [0.25, 0.3) is 0 Å². The van der Waals surface area contributed by atoms with Crippen molar-refractivity contribution < 1.29 is 0 Å². The Labute approximate surface area is 170 Å². The fraction of sp³-hybridized carbons (Fsp3) is 0.312. The van der Waals surface area contributed by atoms with Gasteiger partial charge >= 0.3 is 0 Å². The summed E-state index contributed by atoms with van der Waals surface area (Å²) in [7, 11) is 0. The van der Waals surface area contributed by atoms with E-state index in [2.05, 4.69) is 37.4 Å². The summed E-state index contributed by atoms with van der Waals surface area (Å²) in [6, 6.07) is 5.73. The van der Waals surface area contributed by atoms with Crippen LogP contribution in [0.4, 0.5) is 5.69 Å². The van der Waals surface area contributed by atoms with Crippen molar-refractivity contribution in [2.45, 2.75) is 0 Å². The van der Waals surface area contributed by atoms with Gasteiger partial charge in [0.15, 0.2) is 0 Å². The topological polar surface area (TPSA) is 74.1 Å². The number of halogens is 3. The third-order valence-corrected chi connectivity index (χ3v) is 5.34. The Morgan fingerprint density at radius 2 is 1.80 bits per heavy atom. The predicted octanol–water partition coefficient (Wildman–Crippen LogP) is 2.78. The minimum atomic E-state index is 0.494. The second-order valence-electron chi connectivity index (χ2n) is 5.70. The van der Waals surface area contributed by atoms with Crippen LogP contribution in [0.3, 0.4) is 0 Å². The highest BCUT2D eigenvalue weighted by Crippen LogP contribution is 2.28. The minimum absolute atomic E-state index is 0.494. The maximum atomic E-state index is 6.13. The van der Waals surface area contributed by atoms with E-state index < -0.39 is 0 Å². The lowest BCUT2D eigenvalue weighted by Crippen LogP contribution is -2.50. The van der Waals surface area contributed by atoms with Crippen LogP contribution in [0.15, 0.2) is 47.0 Å². The Balaban J connectivity index is 1.70. The van der Waals surface area contributed by atoms with E-state index in [1.165, 1.54) is 5.01 Å². The number of benzene rings is 1. The van der Waals surface area contributed by atoms with Crippen molar-refractivity contribution in [3.63, 3.8) is 0 Å². The molecule has 0 amide bonds. The molecule has 0 aromatic heterocycles. The highest BCUT2D eigenvalue weighted by Gasteiger charge is 2.23. The van der Waals surface area contributed by atoms with Crippen molar-refractivity contribution >= 4 is 57.3 Å². The van der Waals surface area contributed by atoms with Crippen LogP contribution < -0.4 is 16.5 Å². The molecule has 0 aliphatic carbocycles. The van der Waals surface area contributed by atoms with E-state index in [0.29, 0.717) is 21.7 Å². The van der Waals surface area contributed by atoms with Crippen molar-refractivity contribution in [3.8, 4) is 0 Å². The van der Waals surface area contributed by atoms with Crippen LogP contribution in [0.2, 0.25) is 10.0 Å². The van der Waals surface area contributed by atoms with Gasteiger partial charge in [0.2, 0.25) is 0 Å². The van der Waals surface area contributed by atoms with Crippen LogP contribution in [0.5, 0.6) is 0 Å². The third-order valence-electron chi connectivity index (χ3n) is 4.16. The molecule has 9 heteroatoms. The van der Waals surface area contributed by atoms with E-state index in [1.54, 1.807) is 0 Å².